The molecule has 0 fully saturated rings. The van der Waals surface area contributed by atoms with Crippen LogP contribution >= 0.6 is 0 Å². The standard InChI is InChI=1S/C16H18N4O3/c1-11(2)20-15(6-7-18-20)19-16(21)10-23-13-5-4-12(9-17)8-14(13)22-3/h4-8,11H,10H2,1-3H3,(H,19,21). The monoisotopic (exact) mass is 314 g/mol. The maximum Gasteiger partial charge on any atom is 0.263 e. The van der Waals surface area contributed by atoms with E-state index in [2.05, 4.69) is 10.4 Å². The van der Waals surface area contributed by atoms with Crippen molar-refractivity contribution in [3.05, 3.63) is 36.0 Å². The molecule has 7 heteroatoms. The zero-order valence-electron chi connectivity index (χ0n) is 13.2. The molecule has 2 aromatic rings. The fourth-order valence-electron chi connectivity index (χ4n) is 2.00. The number of nitrogens with zero attached hydrogens (tertiary/aromatic N) is 3. The van der Waals surface area contributed by atoms with Gasteiger partial charge in [0.1, 0.15) is 5.82 Å². The van der Waals surface area contributed by atoms with Crippen molar-refractivity contribution in [3.8, 4) is 17.6 Å². The number of amides is 1. The summed E-state index contributed by atoms with van der Waals surface area (Å²) in [5.41, 5.74) is 0.458. The molecule has 7 nitrogen and oxygen atoms in total. The van der Waals surface area contributed by atoms with Crippen LogP contribution < -0.4 is 14.8 Å². The van der Waals surface area contributed by atoms with E-state index in [4.69, 9.17) is 14.7 Å². The molecule has 0 aliphatic heterocycles. The first-order chi connectivity index (χ1) is 11.0. The van der Waals surface area contributed by atoms with Gasteiger partial charge in [0.15, 0.2) is 18.1 Å². The van der Waals surface area contributed by atoms with Gasteiger partial charge < -0.3 is 14.8 Å². The van der Waals surface area contributed by atoms with Gasteiger partial charge in [0.2, 0.25) is 0 Å². The Bertz CT molecular complexity index is 731. The molecule has 1 N–H and O–H groups in total. The van der Waals surface area contributed by atoms with Gasteiger partial charge in [0.05, 0.1) is 24.9 Å². The number of anilines is 1. The minimum Gasteiger partial charge on any atom is -0.493 e. The summed E-state index contributed by atoms with van der Waals surface area (Å²) in [7, 11) is 1.48. The van der Waals surface area contributed by atoms with Gasteiger partial charge in [0, 0.05) is 18.2 Å². The molecule has 23 heavy (non-hydrogen) atoms. The third-order valence-electron chi connectivity index (χ3n) is 3.08. The van der Waals surface area contributed by atoms with Crippen LogP contribution in [0.1, 0.15) is 25.5 Å². The van der Waals surface area contributed by atoms with Gasteiger partial charge in [-0.3, -0.25) is 4.79 Å². The fourth-order valence-corrected chi connectivity index (χ4v) is 2.00. The van der Waals surface area contributed by atoms with Crippen molar-refractivity contribution in [2.45, 2.75) is 19.9 Å². The molecular weight excluding hydrogens is 296 g/mol. The summed E-state index contributed by atoms with van der Waals surface area (Å²) in [6.07, 6.45) is 1.63. The molecule has 0 radical (unpaired) electrons. The van der Waals surface area contributed by atoms with Gasteiger partial charge in [0.25, 0.3) is 5.91 Å². The second-order valence-electron chi connectivity index (χ2n) is 5.07. The Kier molecular flexibility index (Phi) is 5.20. The Balaban J connectivity index is 1.99. The molecule has 1 heterocycles. The quantitative estimate of drug-likeness (QED) is 0.884. The highest BCUT2D eigenvalue weighted by molar-refractivity contribution is 5.91. The van der Waals surface area contributed by atoms with Crippen molar-refractivity contribution in [2.75, 3.05) is 19.0 Å². The van der Waals surface area contributed by atoms with Crippen molar-refractivity contribution in [2.24, 2.45) is 0 Å². The van der Waals surface area contributed by atoms with Gasteiger partial charge in [-0.1, -0.05) is 0 Å². The summed E-state index contributed by atoms with van der Waals surface area (Å²) >= 11 is 0. The number of rotatable bonds is 6. The van der Waals surface area contributed by atoms with Gasteiger partial charge >= 0.3 is 0 Å². The summed E-state index contributed by atoms with van der Waals surface area (Å²) < 4.78 is 12.3. The number of methoxy groups -OCH3 is 1. The number of ether oxygens (including phenoxy) is 2. The zero-order valence-corrected chi connectivity index (χ0v) is 13.2. The third-order valence-corrected chi connectivity index (χ3v) is 3.08. The molecule has 0 atom stereocenters. The van der Waals surface area contributed by atoms with E-state index in [1.54, 1.807) is 35.1 Å². The smallest absolute Gasteiger partial charge is 0.263 e. The maximum atomic E-state index is 12.0. The van der Waals surface area contributed by atoms with Crippen LogP contribution in [0, 0.1) is 11.3 Å². The molecule has 0 unspecified atom stereocenters. The van der Waals surface area contributed by atoms with E-state index in [1.165, 1.54) is 7.11 Å². The first-order valence-electron chi connectivity index (χ1n) is 7.09. The van der Waals surface area contributed by atoms with Crippen LogP contribution in [0.3, 0.4) is 0 Å². The van der Waals surface area contributed by atoms with Crippen molar-refractivity contribution < 1.29 is 14.3 Å². The summed E-state index contributed by atoms with van der Waals surface area (Å²) in [5, 5.41) is 15.8. The number of hydrogen-bond donors (Lipinski definition) is 1. The van der Waals surface area contributed by atoms with E-state index >= 15 is 0 Å². The molecule has 0 saturated heterocycles. The molecule has 1 aromatic carbocycles. The lowest BCUT2D eigenvalue weighted by Gasteiger charge is -2.13. The topological polar surface area (TPSA) is 89.2 Å². The van der Waals surface area contributed by atoms with Crippen LogP contribution in [0.5, 0.6) is 11.5 Å². The van der Waals surface area contributed by atoms with Gasteiger partial charge in [-0.2, -0.15) is 10.4 Å². The molecule has 1 amide bonds. The Morgan fingerprint density at radius 1 is 1.39 bits per heavy atom. The van der Waals surface area contributed by atoms with E-state index in [1.807, 2.05) is 19.9 Å². The molecular formula is C16H18N4O3. The van der Waals surface area contributed by atoms with Crippen molar-refractivity contribution in [1.82, 2.24) is 9.78 Å². The predicted molar refractivity (Wildman–Crippen MR) is 84.4 cm³/mol. The largest absolute Gasteiger partial charge is 0.493 e. The highest BCUT2D eigenvalue weighted by atomic mass is 16.5. The van der Waals surface area contributed by atoms with E-state index in [0.717, 1.165) is 0 Å². The summed E-state index contributed by atoms with van der Waals surface area (Å²) in [6.45, 7) is 3.77. The molecule has 0 spiro atoms. The minimum absolute atomic E-state index is 0.139. The van der Waals surface area contributed by atoms with Gasteiger partial charge in [-0.15, -0.1) is 0 Å². The number of carbonyl (C=O) groups is 1. The number of nitriles is 1. The summed E-state index contributed by atoms with van der Waals surface area (Å²) in [4.78, 5) is 12.0. The van der Waals surface area contributed by atoms with Crippen molar-refractivity contribution in [3.63, 3.8) is 0 Å². The highest BCUT2D eigenvalue weighted by Gasteiger charge is 2.12. The van der Waals surface area contributed by atoms with Crippen LogP contribution in [0.15, 0.2) is 30.5 Å². The lowest BCUT2D eigenvalue weighted by molar-refractivity contribution is -0.118. The second-order valence-corrected chi connectivity index (χ2v) is 5.07. The number of carbonyl (C=O) groups excluding carboxylic acids is 1. The lowest BCUT2D eigenvalue weighted by atomic mass is 10.2. The first kappa shape index (κ1) is 16.4. The molecule has 0 saturated carbocycles. The van der Waals surface area contributed by atoms with Crippen LogP contribution in [-0.2, 0) is 4.79 Å². The average Bonchev–Trinajstić information content (AvgIpc) is 3.01. The summed E-state index contributed by atoms with van der Waals surface area (Å²) in [6, 6.07) is 8.63. The second kappa shape index (κ2) is 7.31. The predicted octanol–water partition coefficient (Wildman–Crippen LogP) is 2.36. The molecule has 0 bridgehead atoms. The summed E-state index contributed by atoms with van der Waals surface area (Å²) in [5.74, 6) is 1.11. The Morgan fingerprint density at radius 3 is 2.83 bits per heavy atom. The van der Waals surface area contributed by atoms with Gasteiger partial charge in [-0.05, 0) is 26.0 Å². The van der Waals surface area contributed by atoms with Crippen molar-refractivity contribution in [1.29, 1.82) is 5.26 Å². The minimum atomic E-state index is -0.307. The number of nitrogens with one attached hydrogen (secondary N) is 1. The maximum absolute atomic E-state index is 12.0. The Labute approximate surface area is 134 Å². The molecule has 120 valence electrons. The van der Waals surface area contributed by atoms with Crippen LogP contribution in [-0.4, -0.2) is 29.4 Å². The van der Waals surface area contributed by atoms with E-state index < -0.39 is 0 Å². The zero-order chi connectivity index (χ0) is 16.8. The van der Waals surface area contributed by atoms with E-state index in [9.17, 15) is 4.79 Å². The third kappa shape index (κ3) is 4.01. The normalized spacial score (nSPS) is 10.2. The Hall–Kier alpha value is -3.01. The van der Waals surface area contributed by atoms with Gasteiger partial charge in [-0.25, -0.2) is 4.68 Å². The van der Waals surface area contributed by atoms with Crippen molar-refractivity contribution >= 4 is 11.7 Å². The number of hydrogen-bond acceptors (Lipinski definition) is 5. The van der Waals surface area contributed by atoms with E-state index in [0.29, 0.717) is 22.9 Å². The Morgan fingerprint density at radius 2 is 2.17 bits per heavy atom. The lowest BCUT2D eigenvalue weighted by Crippen LogP contribution is -2.22. The van der Waals surface area contributed by atoms with E-state index in [-0.39, 0.29) is 18.6 Å². The highest BCUT2D eigenvalue weighted by Crippen LogP contribution is 2.27. The van der Waals surface area contributed by atoms with Crippen LogP contribution in [0.2, 0.25) is 0 Å². The molecule has 0 aliphatic rings. The van der Waals surface area contributed by atoms with Crippen LogP contribution in [0.4, 0.5) is 5.82 Å². The fraction of sp³-hybridized carbons (Fsp3) is 0.312. The molecule has 1 aromatic heterocycles. The SMILES string of the molecule is COc1cc(C#N)ccc1OCC(=O)Nc1ccnn1C(C)C. The average molecular weight is 314 g/mol. The number of benzene rings is 1. The van der Waals surface area contributed by atoms with Crippen LogP contribution in [0.25, 0.3) is 0 Å². The molecule has 2 rings (SSSR count). The first-order valence-corrected chi connectivity index (χ1v) is 7.09. The molecule has 0 aliphatic carbocycles. The number of aromatic nitrogens is 2.